The van der Waals surface area contributed by atoms with Crippen LogP contribution in [0.1, 0.15) is 36.9 Å². The molecule has 5 nitrogen and oxygen atoms in total. The molecule has 1 atom stereocenters. The van der Waals surface area contributed by atoms with Gasteiger partial charge in [0.2, 0.25) is 11.8 Å². The van der Waals surface area contributed by atoms with Crippen LogP contribution in [0.2, 0.25) is 0 Å². The van der Waals surface area contributed by atoms with Gasteiger partial charge in [-0.1, -0.05) is 6.92 Å². The summed E-state index contributed by atoms with van der Waals surface area (Å²) < 4.78 is 84.0. The predicted octanol–water partition coefficient (Wildman–Crippen LogP) is 4.34. The van der Waals surface area contributed by atoms with E-state index in [2.05, 4.69) is 20.0 Å². The van der Waals surface area contributed by atoms with Gasteiger partial charge in [-0.2, -0.15) is 13.2 Å². The lowest BCUT2D eigenvalue weighted by atomic mass is 9.96. The molecule has 1 heterocycles. The Morgan fingerprint density at radius 2 is 1.90 bits per heavy atom. The van der Waals surface area contributed by atoms with E-state index in [1.807, 2.05) is 0 Å². The molecule has 29 heavy (non-hydrogen) atoms. The van der Waals surface area contributed by atoms with Gasteiger partial charge in [0, 0.05) is 23.5 Å². The second-order valence-corrected chi connectivity index (χ2v) is 6.61. The molecule has 1 N–H and O–H groups in total. The second kappa shape index (κ2) is 7.88. The summed E-state index contributed by atoms with van der Waals surface area (Å²) in [4.78, 5) is 19.3. The summed E-state index contributed by atoms with van der Waals surface area (Å²) in [5, 5.41) is 2.14. The SMILES string of the molecule is C[C@@H](c1cnc(OCC(F)(F)F)cn1)c1c(F)cc(F)c(NC(=O)C2CC2)c1F. The number of nitrogens with zero attached hydrogens (tertiary/aromatic N) is 2. The monoisotopic (exact) mass is 419 g/mol. The molecular formula is C18H15F6N3O2. The fraction of sp³-hybridized carbons (Fsp3) is 0.389. The van der Waals surface area contributed by atoms with Gasteiger partial charge >= 0.3 is 6.18 Å². The van der Waals surface area contributed by atoms with Crippen LogP contribution in [0, 0.1) is 23.4 Å². The maximum Gasteiger partial charge on any atom is 0.422 e. The maximum absolute atomic E-state index is 14.8. The zero-order chi connectivity index (χ0) is 21.3. The molecule has 1 fully saturated rings. The van der Waals surface area contributed by atoms with E-state index in [0.717, 1.165) is 12.4 Å². The van der Waals surface area contributed by atoms with Crippen LogP contribution in [-0.4, -0.2) is 28.7 Å². The molecule has 0 spiro atoms. The minimum Gasteiger partial charge on any atom is -0.467 e. The van der Waals surface area contributed by atoms with Crippen molar-refractivity contribution in [1.29, 1.82) is 0 Å². The van der Waals surface area contributed by atoms with E-state index < -0.39 is 59.2 Å². The lowest BCUT2D eigenvalue weighted by molar-refractivity contribution is -0.154. The lowest BCUT2D eigenvalue weighted by Gasteiger charge is -2.17. The average Bonchev–Trinajstić information content (AvgIpc) is 3.48. The number of rotatable bonds is 6. The average molecular weight is 419 g/mol. The number of anilines is 1. The highest BCUT2D eigenvalue weighted by Crippen LogP contribution is 2.35. The van der Waals surface area contributed by atoms with Crippen LogP contribution in [0.15, 0.2) is 18.5 Å². The number of carbonyl (C=O) groups is 1. The Morgan fingerprint density at radius 3 is 2.45 bits per heavy atom. The van der Waals surface area contributed by atoms with Crippen molar-refractivity contribution in [2.24, 2.45) is 5.92 Å². The van der Waals surface area contributed by atoms with E-state index in [4.69, 9.17) is 0 Å². The fourth-order valence-corrected chi connectivity index (χ4v) is 2.62. The van der Waals surface area contributed by atoms with Gasteiger partial charge in [0.1, 0.15) is 11.5 Å². The van der Waals surface area contributed by atoms with Gasteiger partial charge in [0.05, 0.1) is 18.1 Å². The van der Waals surface area contributed by atoms with Crippen molar-refractivity contribution in [3.05, 3.63) is 47.2 Å². The number of amides is 1. The van der Waals surface area contributed by atoms with Crippen molar-refractivity contribution < 1.29 is 35.9 Å². The van der Waals surface area contributed by atoms with Crippen molar-refractivity contribution in [2.45, 2.75) is 31.9 Å². The number of benzene rings is 1. The largest absolute Gasteiger partial charge is 0.467 e. The topological polar surface area (TPSA) is 64.1 Å². The van der Waals surface area contributed by atoms with Crippen molar-refractivity contribution >= 4 is 11.6 Å². The smallest absolute Gasteiger partial charge is 0.422 e. The van der Waals surface area contributed by atoms with E-state index in [1.165, 1.54) is 6.92 Å². The van der Waals surface area contributed by atoms with Gasteiger partial charge in [-0.15, -0.1) is 0 Å². The molecule has 1 saturated carbocycles. The normalized spacial score (nSPS) is 15.1. The van der Waals surface area contributed by atoms with E-state index in [9.17, 15) is 31.1 Å². The molecule has 156 valence electrons. The summed E-state index contributed by atoms with van der Waals surface area (Å²) in [7, 11) is 0. The Morgan fingerprint density at radius 1 is 1.21 bits per heavy atom. The highest BCUT2D eigenvalue weighted by Gasteiger charge is 2.32. The Kier molecular flexibility index (Phi) is 5.67. The summed E-state index contributed by atoms with van der Waals surface area (Å²) in [5.41, 5.74) is -1.31. The van der Waals surface area contributed by atoms with E-state index in [-0.39, 0.29) is 11.6 Å². The highest BCUT2D eigenvalue weighted by atomic mass is 19.4. The van der Waals surface area contributed by atoms with Crippen LogP contribution < -0.4 is 10.1 Å². The molecule has 2 aromatic rings. The number of halogens is 6. The molecule has 0 aliphatic heterocycles. The number of hydrogen-bond donors (Lipinski definition) is 1. The summed E-state index contributed by atoms with van der Waals surface area (Å²) in [6, 6.07) is 0.450. The minimum atomic E-state index is -4.56. The third kappa shape index (κ3) is 4.96. The Labute approximate surface area is 161 Å². The van der Waals surface area contributed by atoms with Crippen LogP contribution in [0.25, 0.3) is 0 Å². The molecule has 3 rings (SSSR count). The molecule has 0 radical (unpaired) electrons. The second-order valence-electron chi connectivity index (χ2n) is 6.61. The standard InChI is InChI=1S/C18H15F6N3O2/c1-8(12-5-26-13(6-25-12)29-7-18(22,23)24)14-10(19)4-11(20)16(15(14)21)27-17(28)9-2-3-9/h4-6,8-9H,2-3,7H2,1H3,(H,27,28)/t8-/m0/s1. The molecule has 0 saturated heterocycles. The van der Waals surface area contributed by atoms with Crippen LogP contribution in [-0.2, 0) is 4.79 Å². The van der Waals surface area contributed by atoms with Crippen LogP contribution in [0.3, 0.4) is 0 Å². The van der Waals surface area contributed by atoms with Crippen LogP contribution in [0.5, 0.6) is 5.88 Å². The number of aromatic nitrogens is 2. The predicted molar refractivity (Wildman–Crippen MR) is 88.8 cm³/mol. The molecule has 1 aliphatic rings. The number of ether oxygens (including phenoxy) is 1. The van der Waals surface area contributed by atoms with E-state index in [0.29, 0.717) is 18.9 Å². The first-order valence-corrected chi connectivity index (χ1v) is 8.56. The Balaban J connectivity index is 1.84. The number of alkyl halides is 3. The van der Waals surface area contributed by atoms with Gasteiger partial charge in [-0.3, -0.25) is 9.78 Å². The van der Waals surface area contributed by atoms with E-state index >= 15 is 0 Å². The zero-order valence-corrected chi connectivity index (χ0v) is 15.0. The number of carbonyl (C=O) groups excluding carboxylic acids is 1. The number of nitrogens with one attached hydrogen (secondary N) is 1. The lowest BCUT2D eigenvalue weighted by Crippen LogP contribution is -2.20. The molecular weight excluding hydrogens is 404 g/mol. The van der Waals surface area contributed by atoms with Gasteiger partial charge in [-0.05, 0) is 12.8 Å². The first kappa shape index (κ1) is 20.9. The fourth-order valence-electron chi connectivity index (χ4n) is 2.62. The van der Waals surface area contributed by atoms with Gasteiger partial charge in [-0.25, -0.2) is 18.2 Å². The quantitative estimate of drug-likeness (QED) is 0.708. The maximum atomic E-state index is 14.8. The van der Waals surface area contributed by atoms with Crippen molar-refractivity contribution in [1.82, 2.24) is 9.97 Å². The Bertz CT molecular complexity index is 913. The van der Waals surface area contributed by atoms with Crippen LogP contribution in [0.4, 0.5) is 32.0 Å². The third-order valence-electron chi connectivity index (χ3n) is 4.31. The minimum absolute atomic E-state index is 0.00763. The summed E-state index contributed by atoms with van der Waals surface area (Å²) in [6.07, 6.45) is -1.46. The van der Waals surface area contributed by atoms with Gasteiger partial charge < -0.3 is 10.1 Å². The molecule has 1 aromatic carbocycles. The first-order valence-electron chi connectivity index (χ1n) is 8.56. The first-order chi connectivity index (χ1) is 13.6. The Hall–Kier alpha value is -2.85. The van der Waals surface area contributed by atoms with Crippen molar-refractivity contribution in [2.75, 3.05) is 11.9 Å². The molecule has 1 aliphatic carbocycles. The van der Waals surface area contributed by atoms with E-state index in [1.54, 1.807) is 0 Å². The van der Waals surface area contributed by atoms with Crippen LogP contribution >= 0.6 is 0 Å². The molecule has 1 aromatic heterocycles. The molecule has 1 amide bonds. The van der Waals surface area contributed by atoms with Crippen molar-refractivity contribution in [3.63, 3.8) is 0 Å². The van der Waals surface area contributed by atoms with Crippen molar-refractivity contribution in [3.8, 4) is 5.88 Å². The third-order valence-corrected chi connectivity index (χ3v) is 4.31. The summed E-state index contributed by atoms with van der Waals surface area (Å²) >= 11 is 0. The summed E-state index contributed by atoms with van der Waals surface area (Å²) in [5.74, 6) is -6.12. The molecule has 11 heteroatoms. The van der Waals surface area contributed by atoms with Gasteiger partial charge in [0.15, 0.2) is 18.2 Å². The zero-order valence-electron chi connectivity index (χ0n) is 15.0. The van der Waals surface area contributed by atoms with Gasteiger partial charge in [0.25, 0.3) is 0 Å². The number of hydrogen-bond acceptors (Lipinski definition) is 4. The summed E-state index contributed by atoms with van der Waals surface area (Å²) in [6.45, 7) is -0.214. The molecule has 0 bridgehead atoms. The highest BCUT2D eigenvalue weighted by molar-refractivity contribution is 5.94. The molecule has 0 unspecified atom stereocenters.